The van der Waals surface area contributed by atoms with Crippen molar-refractivity contribution in [2.45, 2.75) is 19.6 Å². The number of hydrogen-bond acceptors (Lipinski definition) is 3. The van der Waals surface area contributed by atoms with E-state index in [1.54, 1.807) is 6.92 Å². The van der Waals surface area contributed by atoms with Crippen molar-refractivity contribution in [2.24, 2.45) is 0 Å². The van der Waals surface area contributed by atoms with E-state index < -0.39 is 18.3 Å². The molecule has 8 heteroatoms. The van der Waals surface area contributed by atoms with Crippen molar-refractivity contribution in [3.8, 4) is 0 Å². The molecule has 1 aromatic heterocycles. The minimum Gasteiger partial charge on any atom is -0.383 e. The maximum absolute atomic E-state index is 12.1. The summed E-state index contributed by atoms with van der Waals surface area (Å²) >= 11 is 2.94. The average molecular weight is 300 g/mol. The highest BCUT2D eigenvalue weighted by Crippen LogP contribution is 2.19. The Morgan fingerprint density at radius 3 is 2.69 bits per heavy atom. The van der Waals surface area contributed by atoms with Gasteiger partial charge in [-0.25, -0.2) is 4.68 Å². The van der Waals surface area contributed by atoms with E-state index in [4.69, 9.17) is 0 Å². The van der Waals surface area contributed by atoms with Crippen LogP contribution in [0, 0.1) is 0 Å². The number of aromatic nitrogens is 2. The molecular weight excluding hydrogens is 291 g/mol. The summed E-state index contributed by atoms with van der Waals surface area (Å²) in [5, 5.41) is 6.24. The Balaban J connectivity index is 3.08. The predicted molar refractivity (Wildman–Crippen MR) is 56.4 cm³/mol. The molecule has 16 heavy (non-hydrogen) atoms. The molecule has 0 spiro atoms. The predicted octanol–water partition coefficient (Wildman–Crippen LogP) is 2.00. The molecule has 1 heterocycles. The quantitative estimate of drug-likeness (QED) is 0.929. The van der Waals surface area contributed by atoms with Gasteiger partial charge >= 0.3 is 6.18 Å². The molecule has 0 saturated heterocycles. The molecule has 0 aromatic carbocycles. The molecule has 0 atom stereocenters. The normalized spacial score (nSPS) is 11.6. The van der Waals surface area contributed by atoms with Crippen molar-refractivity contribution in [3.05, 3.63) is 21.0 Å². The Bertz CT molecular complexity index is 430. The van der Waals surface area contributed by atoms with E-state index in [0.29, 0.717) is 16.9 Å². The first kappa shape index (κ1) is 13.0. The van der Waals surface area contributed by atoms with Gasteiger partial charge in [0.25, 0.3) is 5.56 Å². The smallest absolute Gasteiger partial charge is 0.383 e. The summed E-state index contributed by atoms with van der Waals surface area (Å²) in [6.07, 6.45) is -3.28. The van der Waals surface area contributed by atoms with Gasteiger partial charge in [-0.05, 0) is 22.9 Å². The molecular formula is C8H9BrF3N3O. The summed E-state index contributed by atoms with van der Waals surface area (Å²) in [6, 6.07) is 0. The fourth-order valence-electron chi connectivity index (χ4n) is 1.06. The maximum atomic E-state index is 12.1. The topological polar surface area (TPSA) is 46.9 Å². The lowest BCUT2D eigenvalue weighted by molar-refractivity contribution is -0.143. The van der Waals surface area contributed by atoms with Gasteiger partial charge < -0.3 is 5.32 Å². The minimum atomic E-state index is -4.46. The number of anilines is 1. The Kier molecular flexibility index (Phi) is 3.95. The third-order valence-electron chi connectivity index (χ3n) is 1.68. The van der Waals surface area contributed by atoms with E-state index in [-0.39, 0.29) is 4.47 Å². The fourth-order valence-corrected chi connectivity index (χ4v) is 1.51. The van der Waals surface area contributed by atoms with Crippen molar-refractivity contribution in [1.29, 1.82) is 0 Å². The highest BCUT2D eigenvalue weighted by atomic mass is 79.9. The van der Waals surface area contributed by atoms with Crippen LogP contribution in [0.1, 0.15) is 6.92 Å². The second-order valence-electron chi connectivity index (χ2n) is 2.98. The van der Waals surface area contributed by atoms with Crippen LogP contribution in [-0.4, -0.2) is 22.5 Å². The van der Waals surface area contributed by atoms with E-state index in [9.17, 15) is 18.0 Å². The zero-order valence-electron chi connectivity index (χ0n) is 8.31. The number of nitrogens with zero attached hydrogens (tertiary/aromatic N) is 2. The summed E-state index contributed by atoms with van der Waals surface area (Å²) in [6.45, 7) is 0.952. The number of alkyl halides is 3. The lowest BCUT2D eigenvalue weighted by atomic mass is 10.4. The first-order valence-corrected chi connectivity index (χ1v) is 5.20. The van der Waals surface area contributed by atoms with Crippen molar-refractivity contribution in [2.75, 3.05) is 11.9 Å². The van der Waals surface area contributed by atoms with E-state index in [1.807, 2.05) is 0 Å². The molecule has 4 nitrogen and oxygen atoms in total. The molecule has 1 aromatic rings. The van der Waals surface area contributed by atoms with Crippen LogP contribution in [0.25, 0.3) is 0 Å². The number of hydrogen-bond donors (Lipinski definition) is 1. The zero-order valence-corrected chi connectivity index (χ0v) is 9.89. The van der Waals surface area contributed by atoms with Crippen LogP contribution in [0.2, 0.25) is 0 Å². The maximum Gasteiger partial charge on any atom is 0.408 e. The van der Waals surface area contributed by atoms with Crippen LogP contribution in [0.4, 0.5) is 18.9 Å². The summed E-state index contributed by atoms with van der Waals surface area (Å²) in [5.74, 6) is 0. The minimum absolute atomic E-state index is 0.0496. The highest BCUT2D eigenvalue weighted by Gasteiger charge is 2.29. The summed E-state index contributed by atoms with van der Waals surface area (Å²) < 4.78 is 36.6. The van der Waals surface area contributed by atoms with Crippen LogP contribution in [0.3, 0.4) is 0 Å². The Hall–Kier alpha value is -1.05. The van der Waals surface area contributed by atoms with Gasteiger partial charge in [0.1, 0.15) is 11.0 Å². The van der Waals surface area contributed by atoms with Crippen LogP contribution in [0.5, 0.6) is 0 Å². The summed E-state index contributed by atoms with van der Waals surface area (Å²) in [5.41, 5.74) is -0.429. The molecule has 0 aliphatic heterocycles. The van der Waals surface area contributed by atoms with Gasteiger partial charge in [0, 0.05) is 6.54 Å². The van der Waals surface area contributed by atoms with Crippen LogP contribution in [-0.2, 0) is 6.54 Å². The standard InChI is InChI=1S/C8H9BrF3N3O/c1-2-13-5-3-14-15(4-8(10,11)12)7(16)6(5)9/h3,13H,2,4H2,1H3. The Morgan fingerprint density at radius 1 is 1.56 bits per heavy atom. The first-order valence-electron chi connectivity index (χ1n) is 4.41. The van der Waals surface area contributed by atoms with Gasteiger partial charge in [0.15, 0.2) is 0 Å². The number of nitrogens with one attached hydrogen (secondary N) is 1. The van der Waals surface area contributed by atoms with Gasteiger partial charge in [-0.3, -0.25) is 4.79 Å². The molecule has 0 radical (unpaired) electrons. The summed E-state index contributed by atoms with van der Waals surface area (Å²) in [4.78, 5) is 11.5. The third kappa shape index (κ3) is 3.22. The first-order chi connectivity index (χ1) is 7.35. The van der Waals surface area contributed by atoms with Crippen molar-refractivity contribution < 1.29 is 13.2 Å². The number of halogens is 4. The molecule has 0 aliphatic rings. The summed E-state index contributed by atoms with van der Waals surface area (Å²) in [7, 11) is 0. The molecule has 1 N–H and O–H groups in total. The van der Waals surface area contributed by atoms with Crippen LogP contribution >= 0.6 is 15.9 Å². The molecule has 0 fully saturated rings. The van der Waals surface area contributed by atoms with Gasteiger partial charge in [-0.15, -0.1) is 0 Å². The van der Waals surface area contributed by atoms with E-state index in [1.165, 1.54) is 6.20 Å². The van der Waals surface area contributed by atoms with Crippen LogP contribution < -0.4 is 10.9 Å². The van der Waals surface area contributed by atoms with Crippen molar-refractivity contribution >= 4 is 21.6 Å². The highest BCUT2D eigenvalue weighted by molar-refractivity contribution is 9.10. The van der Waals surface area contributed by atoms with E-state index >= 15 is 0 Å². The second-order valence-corrected chi connectivity index (χ2v) is 3.77. The molecule has 0 saturated carbocycles. The molecule has 0 unspecified atom stereocenters. The monoisotopic (exact) mass is 299 g/mol. The van der Waals surface area contributed by atoms with Crippen LogP contribution in [0.15, 0.2) is 15.5 Å². The van der Waals surface area contributed by atoms with Gasteiger partial charge in [0.2, 0.25) is 0 Å². The molecule has 0 bridgehead atoms. The van der Waals surface area contributed by atoms with E-state index in [0.717, 1.165) is 0 Å². The van der Waals surface area contributed by atoms with Gasteiger partial charge in [-0.2, -0.15) is 18.3 Å². The zero-order chi connectivity index (χ0) is 12.3. The number of rotatable bonds is 3. The lowest BCUT2D eigenvalue weighted by Crippen LogP contribution is -2.31. The SMILES string of the molecule is CCNc1cnn(CC(F)(F)F)c(=O)c1Br. The molecule has 1 rings (SSSR count). The Labute approximate surface area is 97.6 Å². The lowest BCUT2D eigenvalue weighted by Gasteiger charge is -2.10. The van der Waals surface area contributed by atoms with E-state index in [2.05, 4.69) is 26.3 Å². The van der Waals surface area contributed by atoms with Crippen molar-refractivity contribution in [3.63, 3.8) is 0 Å². The Morgan fingerprint density at radius 2 is 2.19 bits per heavy atom. The third-order valence-corrected chi connectivity index (χ3v) is 2.45. The molecule has 90 valence electrons. The van der Waals surface area contributed by atoms with Crippen molar-refractivity contribution in [1.82, 2.24) is 9.78 Å². The molecule has 0 amide bonds. The van der Waals surface area contributed by atoms with Gasteiger partial charge in [-0.1, -0.05) is 0 Å². The van der Waals surface area contributed by atoms with Gasteiger partial charge in [0.05, 0.1) is 11.9 Å². The second kappa shape index (κ2) is 4.86. The fraction of sp³-hybridized carbons (Fsp3) is 0.500. The largest absolute Gasteiger partial charge is 0.408 e. The molecule has 0 aliphatic carbocycles. The average Bonchev–Trinajstić information content (AvgIpc) is 2.16.